The summed E-state index contributed by atoms with van der Waals surface area (Å²) in [5, 5.41) is 0. The molecule has 0 N–H and O–H groups in total. The van der Waals surface area contributed by atoms with E-state index < -0.39 is 23.6 Å². The molecule has 0 aromatic carbocycles. The van der Waals surface area contributed by atoms with E-state index >= 15 is 0 Å². The van der Waals surface area contributed by atoms with E-state index in [-0.39, 0.29) is 35.7 Å². The Morgan fingerprint density at radius 2 is 1.84 bits per heavy atom. The number of methoxy groups -OCH3 is 1. The molecule has 1 aliphatic heterocycles. The number of carbonyl (C=O) groups is 3. The van der Waals surface area contributed by atoms with Crippen LogP contribution in [0.25, 0.3) is 0 Å². The fraction of sp³-hybridized carbons (Fsp3) is 0.708. The monoisotopic (exact) mass is 432 g/mol. The lowest BCUT2D eigenvalue weighted by Crippen LogP contribution is -2.58. The highest BCUT2D eigenvalue weighted by atomic mass is 16.7. The lowest BCUT2D eigenvalue weighted by atomic mass is 9.42. The molecule has 0 radical (unpaired) electrons. The molecule has 2 saturated carbocycles. The van der Waals surface area contributed by atoms with Crippen molar-refractivity contribution in [3.63, 3.8) is 0 Å². The Kier molecular flexibility index (Phi) is 5.02. The summed E-state index contributed by atoms with van der Waals surface area (Å²) < 4.78 is 21.8. The number of esters is 2. The predicted octanol–water partition coefficient (Wildman–Crippen LogP) is 4.45. The van der Waals surface area contributed by atoms with Gasteiger partial charge >= 0.3 is 18.1 Å². The molecule has 0 aromatic heterocycles. The minimum Gasteiger partial charge on any atom is -0.461 e. The van der Waals surface area contributed by atoms with Crippen LogP contribution in [-0.4, -0.2) is 37.9 Å². The molecule has 0 aromatic rings. The van der Waals surface area contributed by atoms with Gasteiger partial charge in [0, 0.05) is 18.9 Å². The summed E-state index contributed by atoms with van der Waals surface area (Å²) in [5.74, 6) is -0.109. The van der Waals surface area contributed by atoms with Crippen molar-refractivity contribution in [2.75, 3.05) is 13.7 Å². The molecule has 0 saturated heterocycles. The molecule has 0 amide bonds. The molecule has 7 heteroatoms. The van der Waals surface area contributed by atoms with Crippen LogP contribution in [0.5, 0.6) is 0 Å². The summed E-state index contributed by atoms with van der Waals surface area (Å²) >= 11 is 0. The van der Waals surface area contributed by atoms with E-state index in [4.69, 9.17) is 18.9 Å². The van der Waals surface area contributed by atoms with Crippen LogP contribution >= 0.6 is 0 Å². The first-order valence-electron chi connectivity index (χ1n) is 11.0. The van der Waals surface area contributed by atoms with Gasteiger partial charge in [0.15, 0.2) is 0 Å². The van der Waals surface area contributed by atoms with E-state index in [1.54, 1.807) is 0 Å². The lowest BCUT2D eigenvalue weighted by Gasteiger charge is -2.62. The van der Waals surface area contributed by atoms with Gasteiger partial charge in [-0.05, 0) is 54.1 Å². The topological polar surface area (TPSA) is 88.1 Å². The molecule has 4 aliphatic rings. The molecule has 31 heavy (non-hydrogen) atoms. The van der Waals surface area contributed by atoms with Gasteiger partial charge in [0.1, 0.15) is 18.5 Å². The molecule has 0 spiro atoms. The fourth-order valence-electron chi connectivity index (χ4n) is 7.08. The van der Waals surface area contributed by atoms with Gasteiger partial charge in [0.05, 0.1) is 12.5 Å². The van der Waals surface area contributed by atoms with Gasteiger partial charge in [-0.3, -0.25) is 4.79 Å². The second-order valence-corrected chi connectivity index (χ2v) is 10.4. The maximum absolute atomic E-state index is 12.5. The van der Waals surface area contributed by atoms with Crippen molar-refractivity contribution in [3.05, 3.63) is 22.5 Å². The number of allylic oxidation sites excluding steroid dienone is 1. The fourth-order valence-corrected chi connectivity index (χ4v) is 7.08. The van der Waals surface area contributed by atoms with E-state index in [0.717, 1.165) is 30.4 Å². The SMILES string of the molecule is COC(=O)OC1=C2[C@](C)(C3=C(C1)C(=O)OC3)[C@H](OC(C)=O)C[C@H]1C(C)(C)CCC[C@]21C. The van der Waals surface area contributed by atoms with Crippen LogP contribution in [0.4, 0.5) is 4.79 Å². The van der Waals surface area contributed by atoms with Crippen molar-refractivity contribution >= 4 is 18.1 Å². The van der Waals surface area contributed by atoms with Crippen LogP contribution in [0.15, 0.2) is 22.5 Å². The second kappa shape index (κ2) is 7.10. The molecule has 7 nitrogen and oxygen atoms in total. The van der Waals surface area contributed by atoms with Gasteiger partial charge in [0.2, 0.25) is 0 Å². The van der Waals surface area contributed by atoms with E-state index in [0.29, 0.717) is 17.8 Å². The standard InChI is InChI=1S/C24H32O7/c1-13(25)30-18-11-17-22(2,3)8-7-9-23(17,4)19-16(31-21(27)28-6)10-14-15(24(18,19)5)12-29-20(14)26/h17-18H,7-12H2,1-6H3/t17-,18+,23-,24+/m0/s1. The Morgan fingerprint density at radius 1 is 1.13 bits per heavy atom. The molecule has 4 atom stereocenters. The average molecular weight is 433 g/mol. The number of hydrogen-bond acceptors (Lipinski definition) is 7. The van der Waals surface area contributed by atoms with Gasteiger partial charge in [-0.25, -0.2) is 9.59 Å². The van der Waals surface area contributed by atoms with Crippen molar-refractivity contribution in [2.24, 2.45) is 22.2 Å². The minimum atomic E-state index is -0.815. The smallest absolute Gasteiger partial charge is 0.461 e. The summed E-state index contributed by atoms with van der Waals surface area (Å²) in [6, 6.07) is 0. The molecular weight excluding hydrogens is 400 g/mol. The van der Waals surface area contributed by atoms with Crippen molar-refractivity contribution in [3.8, 4) is 0 Å². The van der Waals surface area contributed by atoms with Crippen molar-refractivity contribution < 1.29 is 33.3 Å². The Morgan fingerprint density at radius 3 is 2.48 bits per heavy atom. The number of fused-ring (bicyclic) bond motifs is 4. The highest BCUT2D eigenvalue weighted by Crippen LogP contribution is 2.68. The number of rotatable bonds is 2. The van der Waals surface area contributed by atoms with Gasteiger partial charge in [-0.1, -0.05) is 27.2 Å². The largest absolute Gasteiger partial charge is 0.513 e. The molecule has 3 aliphatic carbocycles. The van der Waals surface area contributed by atoms with E-state index in [1.807, 2.05) is 6.92 Å². The van der Waals surface area contributed by atoms with Crippen LogP contribution in [0, 0.1) is 22.2 Å². The van der Waals surface area contributed by atoms with Gasteiger partial charge in [-0.2, -0.15) is 0 Å². The summed E-state index contributed by atoms with van der Waals surface area (Å²) in [6.45, 7) is 10.4. The van der Waals surface area contributed by atoms with Crippen LogP contribution < -0.4 is 0 Å². The first-order chi connectivity index (χ1) is 14.4. The highest BCUT2D eigenvalue weighted by Gasteiger charge is 2.65. The molecule has 0 unspecified atom stereocenters. The third-order valence-corrected chi connectivity index (χ3v) is 8.30. The second-order valence-electron chi connectivity index (χ2n) is 10.4. The first kappa shape index (κ1) is 21.9. The molecule has 4 rings (SSSR count). The number of hydrogen-bond donors (Lipinski definition) is 0. The summed E-state index contributed by atoms with van der Waals surface area (Å²) in [6.07, 6.45) is 2.63. The predicted molar refractivity (Wildman–Crippen MR) is 111 cm³/mol. The Hall–Kier alpha value is -2.31. The molecule has 0 bridgehead atoms. The van der Waals surface area contributed by atoms with Crippen molar-refractivity contribution in [2.45, 2.75) is 72.8 Å². The molecule has 1 heterocycles. The van der Waals surface area contributed by atoms with Gasteiger partial charge in [-0.15, -0.1) is 0 Å². The third-order valence-electron chi connectivity index (χ3n) is 8.30. The normalized spacial score (nSPS) is 36.1. The van der Waals surface area contributed by atoms with Crippen LogP contribution in [0.2, 0.25) is 0 Å². The molecule has 2 fully saturated rings. The van der Waals surface area contributed by atoms with Crippen LogP contribution in [0.3, 0.4) is 0 Å². The highest BCUT2D eigenvalue weighted by molar-refractivity contribution is 5.93. The van der Waals surface area contributed by atoms with Crippen LogP contribution in [-0.2, 0) is 28.5 Å². The van der Waals surface area contributed by atoms with E-state index in [9.17, 15) is 14.4 Å². The third kappa shape index (κ3) is 3.11. The van der Waals surface area contributed by atoms with Gasteiger partial charge < -0.3 is 18.9 Å². The Balaban J connectivity index is 1.97. The van der Waals surface area contributed by atoms with E-state index in [2.05, 4.69) is 20.8 Å². The maximum Gasteiger partial charge on any atom is 0.513 e. The Bertz CT molecular complexity index is 911. The minimum absolute atomic E-state index is 0.0206. The quantitative estimate of drug-likeness (QED) is 0.470. The van der Waals surface area contributed by atoms with E-state index in [1.165, 1.54) is 14.0 Å². The van der Waals surface area contributed by atoms with Crippen LogP contribution in [0.1, 0.15) is 66.7 Å². The maximum atomic E-state index is 12.5. The zero-order chi connectivity index (χ0) is 22.8. The zero-order valence-corrected chi connectivity index (χ0v) is 19.3. The summed E-state index contributed by atoms with van der Waals surface area (Å²) in [5.41, 5.74) is 1.26. The molecule has 170 valence electrons. The zero-order valence-electron chi connectivity index (χ0n) is 19.3. The average Bonchev–Trinajstić information content (AvgIpc) is 3.04. The van der Waals surface area contributed by atoms with Crippen molar-refractivity contribution in [1.82, 2.24) is 0 Å². The summed E-state index contributed by atoms with van der Waals surface area (Å²) in [7, 11) is 1.26. The Labute approximate surface area is 183 Å². The van der Waals surface area contributed by atoms with Crippen molar-refractivity contribution in [1.29, 1.82) is 0 Å². The lowest BCUT2D eigenvalue weighted by molar-refractivity contribution is -0.162. The number of carbonyl (C=O) groups excluding carboxylic acids is 3. The number of cyclic esters (lactones) is 1. The first-order valence-corrected chi connectivity index (χ1v) is 11.0. The molecular formula is C24H32O7. The van der Waals surface area contributed by atoms with Gasteiger partial charge in [0.25, 0.3) is 0 Å². The summed E-state index contributed by atoms with van der Waals surface area (Å²) in [4.78, 5) is 36.9. The number of ether oxygens (including phenoxy) is 4.